The number of halogens is 2. The van der Waals surface area contributed by atoms with E-state index in [4.69, 9.17) is 23.2 Å². The molecule has 0 fully saturated rings. The average Bonchev–Trinajstić information content (AvgIpc) is 2.32. The molecule has 0 heterocycles. The summed E-state index contributed by atoms with van der Waals surface area (Å²) in [7, 11) is 0. The molecule has 0 radical (unpaired) electrons. The van der Waals surface area contributed by atoms with Crippen LogP contribution in [0.25, 0.3) is 0 Å². The Labute approximate surface area is 114 Å². The number of benzene rings is 2. The first-order chi connectivity index (χ1) is 8.19. The lowest BCUT2D eigenvalue weighted by Gasteiger charge is -2.05. The third-order valence-corrected chi connectivity index (χ3v) is 3.71. The van der Waals surface area contributed by atoms with Crippen LogP contribution < -0.4 is 0 Å². The molecule has 86 valence electrons. The van der Waals surface area contributed by atoms with Crippen LogP contribution in [0.3, 0.4) is 0 Å². The fourth-order valence-corrected chi connectivity index (χ4v) is 2.63. The van der Waals surface area contributed by atoms with Crippen molar-refractivity contribution in [2.45, 2.75) is 9.79 Å². The maximum atomic E-state index is 10.9. The van der Waals surface area contributed by atoms with E-state index in [9.17, 15) is 4.79 Å². The van der Waals surface area contributed by atoms with E-state index in [0.717, 1.165) is 16.1 Å². The van der Waals surface area contributed by atoms with Crippen molar-refractivity contribution in [1.29, 1.82) is 0 Å². The molecule has 4 heteroatoms. The van der Waals surface area contributed by atoms with E-state index < -0.39 is 0 Å². The second-order valence-corrected chi connectivity index (χ2v) is 5.34. The van der Waals surface area contributed by atoms with Crippen LogP contribution in [-0.4, -0.2) is 6.29 Å². The van der Waals surface area contributed by atoms with Gasteiger partial charge in [-0.15, -0.1) is 0 Å². The predicted molar refractivity (Wildman–Crippen MR) is 72.4 cm³/mol. The zero-order valence-corrected chi connectivity index (χ0v) is 11.0. The molecule has 0 aliphatic heterocycles. The van der Waals surface area contributed by atoms with E-state index in [2.05, 4.69) is 0 Å². The molecule has 17 heavy (non-hydrogen) atoms. The van der Waals surface area contributed by atoms with Crippen molar-refractivity contribution in [2.24, 2.45) is 0 Å². The lowest BCUT2D eigenvalue weighted by Crippen LogP contribution is -1.84. The Kier molecular flexibility index (Phi) is 4.11. The Morgan fingerprint density at radius 2 is 1.59 bits per heavy atom. The van der Waals surface area contributed by atoms with Crippen LogP contribution in [0.15, 0.2) is 52.3 Å². The Morgan fingerprint density at radius 1 is 0.941 bits per heavy atom. The summed E-state index contributed by atoms with van der Waals surface area (Å²) in [6.45, 7) is 0. The molecule has 0 unspecified atom stereocenters. The second kappa shape index (κ2) is 5.58. The molecule has 2 aromatic rings. The van der Waals surface area contributed by atoms with Gasteiger partial charge in [0, 0.05) is 25.4 Å². The number of aldehydes is 1. The largest absolute Gasteiger partial charge is 0.298 e. The van der Waals surface area contributed by atoms with Crippen molar-refractivity contribution in [3.63, 3.8) is 0 Å². The second-order valence-electron chi connectivity index (χ2n) is 3.36. The zero-order chi connectivity index (χ0) is 12.3. The fraction of sp³-hybridized carbons (Fsp3) is 0. The van der Waals surface area contributed by atoms with Gasteiger partial charge < -0.3 is 0 Å². The molecule has 2 aromatic carbocycles. The molecule has 0 saturated heterocycles. The summed E-state index contributed by atoms with van der Waals surface area (Å²) in [5.41, 5.74) is 0.634. The van der Waals surface area contributed by atoms with Crippen LogP contribution in [0.2, 0.25) is 10.0 Å². The molecule has 0 N–H and O–H groups in total. The van der Waals surface area contributed by atoms with Gasteiger partial charge in [0.25, 0.3) is 0 Å². The Bertz CT molecular complexity index is 538. The van der Waals surface area contributed by atoms with Gasteiger partial charge in [0.15, 0.2) is 6.29 Å². The smallest absolute Gasteiger partial charge is 0.151 e. The lowest BCUT2D eigenvalue weighted by molar-refractivity contribution is 0.112. The van der Waals surface area contributed by atoms with Gasteiger partial charge in [-0.1, -0.05) is 35.0 Å². The van der Waals surface area contributed by atoms with Crippen molar-refractivity contribution < 1.29 is 4.79 Å². The van der Waals surface area contributed by atoms with Crippen LogP contribution >= 0.6 is 35.0 Å². The minimum atomic E-state index is 0.618. The summed E-state index contributed by atoms with van der Waals surface area (Å²) in [5, 5.41) is 1.31. The monoisotopic (exact) mass is 282 g/mol. The van der Waals surface area contributed by atoms with Crippen LogP contribution in [0, 0.1) is 0 Å². The highest BCUT2D eigenvalue weighted by Crippen LogP contribution is 2.32. The zero-order valence-electron chi connectivity index (χ0n) is 8.69. The number of carbonyl (C=O) groups excluding carboxylic acids is 1. The SMILES string of the molecule is O=Cc1ccc(Cl)cc1Sc1ccc(Cl)cc1. The molecule has 0 amide bonds. The maximum Gasteiger partial charge on any atom is 0.151 e. The molecular weight excluding hydrogens is 275 g/mol. The first kappa shape index (κ1) is 12.5. The van der Waals surface area contributed by atoms with Crippen LogP contribution in [0.4, 0.5) is 0 Å². The summed E-state index contributed by atoms with van der Waals surface area (Å²) in [6, 6.07) is 12.6. The van der Waals surface area contributed by atoms with Crippen molar-refractivity contribution in [1.82, 2.24) is 0 Å². The Hall–Kier alpha value is -0.960. The molecule has 0 aliphatic carbocycles. The predicted octanol–water partition coefficient (Wildman–Crippen LogP) is 4.96. The third-order valence-electron chi connectivity index (χ3n) is 2.14. The Balaban J connectivity index is 2.31. The van der Waals surface area contributed by atoms with Crippen LogP contribution in [-0.2, 0) is 0 Å². The van der Waals surface area contributed by atoms with Crippen molar-refractivity contribution in [3.05, 3.63) is 58.1 Å². The normalized spacial score (nSPS) is 10.2. The number of rotatable bonds is 3. The molecular formula is C13H8Cl2OS. The molecule has 0 aliphatic rings. The van der Waals surface area contributed by atoms with E-state index in [1.807, 2.05) is 24.3 Å². The van der Waals surface area contributed by atoms with Crippen molar-refractivity contribution in [3.8, 4) is 0 Å². The molecule has 0 aromatic heterocycles. The summed E-state index contributed by atoms with van der Waals surface area (Å²) in [5.74, 6) is 0. The van der Waals surface area contributed by atoms with Gasteiger partial charge >= 0.3 is 0 Å². The van der Waals surface area contributed by atoms with Gasteiger partial charge in [0.05, 0.1) is 0 Å². The van der Waals surface area contributed by atoms with Crippen molar-refractivity contribution in [2.75, 3.05) is 0 Å². The van der Waals surface area contributed by atoms with Crippen LogP contribution in [0.5, 0.6) is 0 Å². The number of carbonyl (C=O) groups is 1. The highest BCUT2D eigenvalue weighted by molar-refractivity contribution is 7.99. The van der Waals surface area contributed by atoms with E-state index in [-0.39, 0.29) is 0 Å². The molecule has 0 spiro atoms. The number of hydrogen-bond acceptors (Lipinski definition) is 2. The summed E-state index contributed by atoms with van der Waals surface area (Å²) >= 11 is 13.2. The van der Waals surface area contributed by atoms with Gasteiger partial charge in [-0.25, -0.2) is 0 Å². The minimum absolute atomic E-state index is 0.618. The molecule has 0 atom stereocenters. The van der Waals surface area contributed by atoms with E-state index in [1.165, 1.54) is 11.8 Å². The molecule has 2 rings (SSSR count). The van der Waals surface area contributed by atoms with Crippen LogP contribution in [0.1, 0.15) is 10.4 Å². The lowest BCUT2D eigenvalue weighted by atomic mass is 10.2. The first-order valence-corrected chi connectivity index (χ1v) is 6.44. The van der Waals surface area contributed by atoms with Crippen molar-refractivity contribution >= 4 is 41.2 Å². The van der Waals surface area contributed by atoms with Gasteiger partial charge in [0.2, 0.25) is 0 Å². The maximum absolute atomic E-state index is 10.9. The van der Waals surface area contributed by atoms with E-state index in [0.29, 0.717) is 15.6 Å². The van der Waals surface area contributed by atoms with E-state index in [1.54, 1.807) is 18.2 Å². The number of hydrogen-bond donors (Lipinski definition) is 0. The molecule has 0 bridgehead atoms. The average molecular weight is 283 g/mol. The minimum Gasteiger partial charge on any atom is -0.298 e. The highest BCUT2D eigenvalue weighted by Gasteiger charge is 2.05. The standard InChI is InChI=1S/C13H8Cl2OS/c14-10-3-5-12(6-4-10)17-13-7-11(15)2-1-9(13)8-16/h1-8H. The third kappa shape index (κ3) is 3.25. The van der Waals surface area contributed by atoms with Gasteiger partial charge in [-0.3, -0.25) is 4.79 Å². The van der Waals surface area contributed by atoms with Gasteiger partial charge in [-0.2, -0.15) is 0 Å². The Morgan fingerprint density at radius 3 is 2.24 bits per heavy atom. The highest BCUT2D eigenvalue weighted by atomic mass is 35.5. The molecule has 0 saturated carbocycles. The summed E-state index contributed by atoms with van der Waals surface area (Å²) in [6.07, 6.45) is 0.828. The van der Waals surface area contributed by atoms with Gasteiger partial charge in [0.1, 0.15) is 0 Å². The van der Waals surface area contributed by atoms with E-state index >= 15 is 0 Å². The first-order valence-electron chi connectivity index (χ1n) is 4.87. The topological polar surface area (TPSA) is 17.1 Å². The summed E-state index contributed by atoms with van der Waals surface area (Å²) < 4.78 is 0. The quantitative estimate of drug-likeness (QED) is 0.741. The van der Waals surface area contributed by atoms with Gasteiger partial charge in [-0.05, 0) is 42.5 Å². The summed E-state index contributed by atoms with van der Waals surface area (Å²) in [4.78, 5) is 12.8. The fourth-order valence-electron chi connectivity index (χ4n) is 1.32. The molecule has 1 nitrogen and oxygen atoms in total.